The van der Waals surface area contributed by atoms with Gasteiger partial charge in [0.15, 0.2) is 0 Å². The van der Waals surface area contributed by atoms with Crippen molar-refractivity contribution in [3.8, 4) is 0 Å². The second-order valence-electron chi connectivity index (χ2n) is 5.14. The van der Waals surface area contributed by atoms with Crippen molar-refractivity contribution in [2.75, 3.05) is 19.8 Å². The van der Waals surface area contributed by atoms with E-state index in [1.807, 2.05) is 12.1 Å². The SMILES string of the molecule is NC(C(=O)NCCc1ccc(Br)cc1)C1CCOCC1. The van der Waals surface area contributed by atoms with Gasteiger partial charge in [0.05, 0.1) is 6.04 Å². The summed E-state index contributed by atoms with van der Waals surface area (Å²) in [6.07, 6.45) is 2.57. The third kappa shape index (κ3) is 4.58. The Kier molecular flexibility index (Phi) is 6.01. The fourth-order valence-corrected chi connectivity index (χ4v) is 2.65. The fraction of sp³-hybridized carbons (Fsp3) is 0.533. The number of benzene rings is 1. The Morgan fingerprint density at radius 2 is 2.00 bits per heavy atom. The van der Waals surface area contributed by atoms with E-state index in [0.717, 1.165) is 23.7 Å². The molecule has 5 heteroatoms. The molecular formula is C15H21BrN2O2. The number of carbonyl (C=O) groups excluding carboxylic acids is 1. The lowest BCUT2D eigenvalue weighted by Gasteiger charge is -2.26. The summed E-state index contributed by atoms with van der Waals surface area (Å²) in [6.45, 7) is 2.05. The van der Waals surface area contributed by atoms with E-state index in [9.17, 15) is 4.79 Å². The Bertz CT molecular complexity index is 430. The van der Waals surface area contributed by atoms with Gasteiger partial charge in [0, 0.05) is 24.2 Å². The van der Waals surface area contributed by atoms with E-state index in [-0.39, 0.29) is 11.8 Å². The lowest BCUT2D eigenvalue weighted by molar-refractivity contribution is -0.124. The first kappa shape index (κ1) is 15.5. The van der Waals surface area contributed by atoms with Gasteiger partial charge in [-0.05, 0) is 42.9 Å². The third-order valence-corrected chi connectivity index (χ3v) is 4.23. The monoisotopic (exact) mass is 340 g/mol. The Labute approximate surface area is 128 Å². The zero-order valence-corrected chi connectivity index (χ0v) is 13.1. The molecule has 0 aliphatic carbocycles. The molecule has 3 N–H and O–H groups in total. The highest BCUT2D eigenvalue weighted by Crippen LogP contribution is 2.17. The summed E-state index contributed by atoms with van der Waals surface area (Å²) in [4.78, 5) is 12.0. The standard InChI is InChI=1S/C15H21BrN2O2/c16-13-3-1-11(2-4-13)5-8-18-15(19)14(17)12-6-9-20-10-7-12/h1-4,12,14H,5-10,17H2,(H,18,19). The molecule has 1 fully saturated rings. The minimum absolute atomic E-state index is 0.0472. The normalized spacial score (nSPS) is 17.7. The second kappa shape index (κ2) is 7.76. The van der Waals surface area contributed by atoms with Crippen molar-refractivity contribution in [1.29, 1.82) is 0 Å². The Balaban J connectivity index is 1.72. The zero-order valence-electron chi connectivity index (χ0n) is 11.5. The first-order chi connectivity index (χ1) is 9.66. The molecule has 0 radical (unpaired) electrons. The van der Waals surface area contributed by atoms with E-state index in [1.165, 1.54) is 5.56 Å². The molecular weight excluding hydrogens is 320 g/mol. The van der Waals surface area contributed by atoms with Crippen LogP contribution in [0.3, 0.4) is 0 Å². The topological polar surface area (TPSA) is 64.4 Å². The number of hydrogen-bond acceptors (Lipinski definition) is 3. The van der Waals surface area contributed by atoms with Gasteiger partial charge < -0.3 is 15.8 Å². The first-order valence-electron chi connectivity index (χ1n) is 7.02. The molecule has 1 saturated heterocycles. The number of hydrogen-bond donors (Lipinski definition) is 2. The predicted molar refractivity (Wildman–Crippen MR) is 82.4 cm³/mol. The molecule has 20 heavy (non-hydrogen) atoms. The molecule has 1 aliphatic rings. The molecule has 110 valence electrons. The zero-order chi connectivity index (χ0) is 14.4. The predicted octanol–water partition coefficient (Wildman–Crippen LogP) is 1.86. The van der Waals surface area contributed by atoms with Crippen molar-refractivity contribution in [2.24, 2.45) is 11.7 Å². The Morgan fingerprint density at radius 1 is 1.35 bits per heavy atom. The highest BCUT2D eigenvalue weighted by molar-refractivity contribution is 9.10. The smallest absolute Gasteiger partial charge is 0.237 e. The van der Waals surface area contributed by atoms with Gasteiger partial charge in [-0.2, -0.15) is 0 Å². The summed E-state index contributed by atoms with van der Waals surface area (Å²) in [5, 5.41) is 2.93. The molecule has 0 saturated carbocycles. The second-order valence-corrected chi connectivity index (χ2v) is 6.06. The lowest BCUT2D eigenvalue weighted by atomic mass is 9.92. The summed E-state index contributed by atoms with van der Waals surface area (Å²) in [6, 6.07) is 7.70. The molecule has 1 aliphatic heterocycles. The van der Waals surface area contributed by atoms with Crippen LogP contribution in [0.1, 0.15) is 18.4 Å². The average Bonchev–Trinajstić information content (AvgIpc) is 2.49. The van der Waals surface area contributed by atoms with Crippen LogP contribution in [0.4, 0.5) is 0 Å². The number of carbonyl (C=O) groups is 1. The van der Waals surface area contributed by atoms with E-state index in [0.29, 0.717) is 19.8 Å². The van der Waals surface area contributed by atoms with Crippen molar-refractivity contribution in [3.63, 3.8) is 0 Å². The van der Waals surface area contributed by atoms with Crippen LogP contribution in [-0.2, 0) is 16.0 Å². The van der Waals surface area contributed by atoms with Crippen molar-refractivity contribution in [1.82, 2.24) is 5.32 Å². The third-order valence-electron chi connectivity index (χ3n) is 3.70. The van der Waals surface area contributed by atoms with Crippen LogP contribution in [0.25, 0.3) is 0 Å². The van der Waals surface area contributed by atoms with Crippen LogP contribution in [0.15, 0.2) is 28.7 Å². The first-order valence-corrected chi connectivity index (χ1v) is 7.81. The van der Waals surface area contributed by atoms with Gasteiger partial charge in [0.1, 0.15) is 0 Å². The highest BCUT2D eigenvalue weighted by atomic mass is 79.9. The van der Waals surface area contributed by atoms with E-state index in [2.05, 4.69) is 33.4 Å². The van der Waals surface area contributed by atoms with Crippen LogP contribution in [0.2, 0.25) is 0 Å². The number of rotatable bonds is 5. The molecule has 0 bridgehead atoms. The van der Waals surface area contributed by atoms with Gasteiger partial charge in [-0.1, -0.05) is 28.1 Å². The van der Waals surface area contributed by atoms with Crippen LogP contribution in [0.5, 0.6) is 0 Å². The van der Waals surface area contributed by atoms with E-state index >= 15 is 0 Å². The molecule has 2 rings (SSSR count). The van der Waals surface area contributed by atoms with E-state index in [1.54, 1.807) is 0 Å². The maximum atomic E-state index is 12.0. The summed E-state index contributed by atoms with van der Waals surface area (Å²) in [7, 11) is 0. The Hall–Kier alpha value is -0.910. The van der Waals surface area contributed by atoms with Crippen molar-refractivity contribution >= 4 is 21.8 Å². The van der Waals surface area contributed by atoms with Crippen LogP contribution in [-0.4, -0.2) is 31.7 Å². The van der Waals surface area contributed by atoms with Crippen LogP contribution >= 0.6 is 15.9 Å². The molecule has 1 amide bonds. The average molecular weight is 341 g/mol. The van der Waals surface area contributed by atoms with Crippen molar-refractivity contribution in [3.05, 3.63) is 34.3 Å². The summed E-state index contributed by atoms with van der Waals surface area (Å²) >= 11 is 3.40. The highest BCUT2D eigenvalue weighted by Gasteiger charge is 2.26. The number of amides is 1. The van der Waals surface area contributed by atoms with Crippen molar-refractivity contribution < 1.29 is 9.53 Å². The van der Waals surface area contributed by atoms with Gasteiger partial charge in [-0.3, -0.25) is 4.79 Å². The largest absolute Gasteiger partial charge is 0.381 e. The molecule has 0 aromatic heterocycles. The molecule has 1 heterocycles. The lowest BCUT2D eigenvalue weighted by Crippen LogP contribution is -2.47. The van der Waals surface area contributed by atoms with E-state index in [4.69, 9.17) is 10.5 Å². The number of ether oxygens (including phenoxy) is 1. The molecule has 4 nitrogen and oxygen atoms in total. The number of nitrogens with one attached hydrogen (secondary N) is 1. The maximum absolute atomic E-state index is 12.0. The van der Waals surface area contributed by atoms with Crippen LogP contribution < -0.4 is 11.1 Å². The maximum Gasteiger partial charge on any atom is 0.237 e. The Morgan fingerprint density at radius 3 is 2.65 bits per heavy atom. The summed E-state index contributed by atoms with van der Waals surface area (Å²) in [5.41, 5.74) is 7.22. The summed E-state index contributed by atoms with van der Waals surface area (Å²) < 4.78 is 6.35. The molecule has 0 spiro atoms. The molecule has 1 aromatic carbocycles. The quantitative estimate of drug-likeness (QED) is 0.859. The van der Waals surface area contributed by atoms with Gasteiger partial charge in [-0.15, -0.1) is 0 Å². The van der Waals surface area contributed by atoms with Gasteiger partial charge in [-0.25, -0.2) is 0 Å². The minimum atomic E-state index is -0.413. The molecule has 1 aromatic rings. The molecule has 1 unspecified atom stereocenters. The van der Waals surface area contributed by atoms with E-state index < -0.39 is 6.04 Å². The fourth-order valence-electron chi connectivity index (χ4n) is 2.39. The van der Waals surface area contributed by atoms with Gasteiger partial charge in [0.25, 0.3) is 0 Å². The summed E-state index contributed by atoms with van der Waals surface area (Å²) in [5.74, 6) is 0.199. The van der Waals surface area contributed by atoms with Gasteiger partial charge >= 0.3 is 0 Å². The number of nitrogens with two attached hydrogens (primary N) is 1. The van der Waals surface area contributed by atoms with Gasteiger partial charge in [0.2, 0.25) is 5.91 Å². The minimum Gasteiger partial charge on any atom is -0.381 e. The molecule has 1 atom stereocenters. The van der Waals surface area contributed by atoms with Crippen molar-refractivity contribution in [2.45, 2.75) is 25.3 Å². The number of halogens is 1. The van der Waals surface area contributed by atoms with Crippen LogP contribution in [0, 0.1) is 5.92 Å².